The summed E-state index contributed by atoms with van der Waals surface area (Å²) in [5.74, 6) is 0.0413. The number of para-hydroxylation sites is 1. The third-order valence-electron chi connectivity index (χ3n) is 5.06. The Labute approximate surface area is 171 Å². The minimum absolute atomic E-state index is 0.0413. The highest BCUT2D eigenvalue weighted by Crippen LogP contribution is 2.23. The molecule has 1 aliphatic heterocycles. The van der Waals surface area contributed by atoms with Gasteiger partial charge in [-0.25, -0.2) is 9.67 Å². The van der Waals surface area contributed by atoms with E-state index in [0.717, 1.165) is 35.8 Å². The fraction of sp³-hybridized carbons (Fsp3) is 0.250. The van der Waals surface area contributed by atoms with Crippen LogP contribution in [0.3, 0.4) is 0 Å². The summed E-state index contributed by atoms with van der Waals surface area (Å²) < 4.78 is 2.77. The van der Waals surface area contributed by atoms with Gasteiger partial charge in [0.25, 0.3) is 5.91 Å². The van der Waals surface area contributed by atoms with E-state index in [2.05, 4.69) is 32.6 Å². The molecule has 0 bridgehead atoms. The lowest BCUT2D eigenvalue weighted by Gasteiger charge is -2.34. The molecule has 8 nitrogen and oxygen atoms in total. The number of aromatic nitrogens is 5. The van der Waals surface area contributed by atoms with Gasteiger partial charge in [0.05, 0.1) is 22.4 Å². The molecule has 0 aliphatic carbocycles. The normalized spacial score (nSPS) is 15.1. The van der Waals surface area contributed by atoms with Crippen LogP contribution in [0.4, 0.5) is 0 Å². The fourth-order valence-electron chi connectivity index (χ4n) is 3.53. The lowest BCUT2D eigenvalue weighted by atomic mass is 10.1. The highest BCUT2D eigenvalue weighted by Gasteiger charge is 2.23. The molecule has 1 amide bonds. The number of fused-ring (bicyclic) bond motifs is 1. The quantitative estimate of drug-likeness (QED) is 0.518. The summed E-state index contributed by atoms with van der Waals surface area (Å²) in [5.41, 5.74) is 2.48. The Morgan fingerprint density at radius 3 is 2.69 bits per heavy atom. The van der Waals surface area contributed by atoms with Crippen molar-refractivity contribution in [1.29, 1.82) is 0 Å². The predicted molar refractivity (Wildman–Crippen MR) is 110 cm³/mol. The second-order valence-electron chi connectivity index (χ2n) is 6.95. The van der Waals surface area contributed by atoms with Crippen LogP contribution in [0.1, 0.15) is 15.4 Å². The first kappa shape index (κ1) is 17.9. The van der Waals surface area contributed by atoms with Gasteiger partial charge in [-0.3, -0.25) is 9.69 Å². The van der Waals surface area contributed by atoms with Gasteiger partial charge in [0.1, 0.15) is 11.3 Å². The van der Waals surface area contributed by atoms with E-state index in [1.54, 1.807) is 16.0 Å². The molecular formula is C20H19N7OS. The monoisotopic (exact) mass is 405 g/mol. The highest BCUT2D eigenvalue weighted by molar-refractivity contribution is 7.18. The third-order valence-corrected chi connectivity index (χ3v) is 6.08. The van der Waals surface area contributed by atoms with E-state index in [-0.39, 0.29) is 5.91 Å². The van der Waals surface area contributed by atoms with Crippen molar-refractivity contribution in [1.82, 2.24) is 35.0 Å². The van der Waals surface area contributed by atoms with Crippen LogP contribution in [0.15, 0.2) is 54.9 Å². The number of amides is 1. The van der Waals surface area contributed by atoms with Gasteiger partial charge < -0.3 is 4.90 Å². The third kappa shape index (κ3) is 3.74. The van der Waals surface area contributed by atoms with E-state index in [1.165, 1.54) is 11.0 Å². The maximum Gasteiger partial charge on any atom is 0.254 e. The van der Waals surface area contributed by atoms with Crippen LogP contribution in [-0.4, -0.2) is 67.1 Å². The number of piperazine rings is 1. The maximum absolute atomic E-state index is 12.9. The maximum atomic E-state index is 12.9. The zero-order valence-corrected chi connectivity index (χ0v) is 16.5. The summed E-state index contributed by atoms with van der Waals surface area (Å²) in [6.07, 6.45) is 1.52. The van der Waals surface area contributed by atoms with Crippen molar-refractivity contribution in [2.45, 2.75) is 6.54 Å². The van der Waals surface area contributed by atoms with Gasteiger partial charge >= 0.3 is 0 Å². The Morgan fingerprint density at radius 1 is 1.03 bits per heavy atom. The van der Waals surface area contributed by atoms with E-state index in [0.29, 0.717) is 18.7 Å². The minimum Gasteiger partial charge on any atom is -0.336 e. The minimum atomic E-state index is 0.0413. The SMILES string of the molecule is O=C(c1cccc(-n2cnnn2)c1)N1CCN(Cc2nc3ccccc3s2)CC1. The molecule has 29 heavy (non-hydrogen) atoms. The van der Waals surface area contributed by atoms with E-state index in [1.807, 2.05) is 41.3 Å². The number of rotatable bonds is 4. The molecule has 2 aromatic heterocycles. The van der Waals surface area contributed by atoms with Crippen molar-refractivity contribution in [3.8, 4) is 5.69 Å². The molecule has 1 saturated heterocycles. The molecular weight excluding hydrogens is 386 g/mol. The van der Waals surface area contributed by atoms with Crippen LogP contribution in [0.2, 0.25) is 0 Å². The molecule has 0 spiro atoms. The number of carbonyl (C=O) groups is 1. The molecule has 0 saturated carbocycles. The number of benzene rings is 2. The van der Waals surface area contributed by atoms with Gasteiger partial charge in [-0.15, -0.1) is 16.4 Å². The first-order valence-electron chi connectivity index (χ1n) is 9.46. The average molecular weight is 405 g/mol. The number of hydrogen-bond donors (Lipinski definition) is 0. The fourth-order valence-corrected chi connectivity index (χ4v) is 4.54. The van der Waals surface area contributed by atoms with Crippen LogP contribution >= 0.6 is 11.3 Å². The van der Waals surface area contributed by atoms with Crippen molar-refractivity contribution < 1.29 is 4.79 Å². The summed E-state index contributed by atoms with van der Waals surface area (Å²) in [4.78, 5) is 21.9. The van der Waals surface area contributed by atoms with E-state index in [9.17, 15) is 4.79 Å². The zero-order chi connectivity index (χ0) is 19.6. The van der Waals surface area contributed by atoms with Crippen molar-refractivity contribution in [2.24, 2.45) is 0 Å². The summed E-state index contributed by atoms with van der Waals surface area (Å²) in [7, 11) is 0. The van der Waals surface area contributed by atoms with Crippen LogP contribution in [0.25, 0.3) is 15.9 Å². The van der Waals surface area contributed by atoms with Gasteiger partial charge in [0.2, 0.25) is 0 Å². The molecule has 1 fully saturated rings. The standard InChI is InChI=1S/C20H19N7OS/c28-20(15-4-3-5-16(12-15)27-14-21-23-24-27)26-10-8-25(9-11-26)13-19-22-17-6-1-2-7-18(17)29-19/h1-7,12,14H,8-11,13H2. The largest absolute Gasteiger partial charge is 0.336 e. The Kier molecular flexibility index (Phi) is 4.74. The summed E-state index contributed by atoms with van der Waals surface area (Å²) in [6.45, 7) is 3.93. The van der Waals surface area contributed by atoms with E-state index in [4.69, 9.17) is 4.98 Å². The summed E-state index contributed by atoms with van der Waals surface area (Å²) in [6, 6.07) is 15.6. The number of tetrazole rings is 1. The second-order valence-corrected chi connectivity index (χ2v) is 8.06. The van der Waals surface area contributed by atoms with Crippen molar-refractivity contribution in [3.05, 3.63) is 65.4 Å². The van der Waals surface area contributed by atoms with Crippen LogP contribution in [0, 0.1) is 0 Å². The Morgan fingerprint density at radius 2 is 1.90 bits per heavy atom. The first-order chi connectivity index (χ1) is 14.3. The molecule has 2 aromatic carbocycles. The predicted octanol–water partition coefficient (Wildman–Crippen LogP) is 2.23. The van der Waals surface area contributed by atoms with Gasteiger partial charge in [0, 0.05) is 31.7 Å². The van der Waals surface area contributed by atoms with Crippen LogP contribution in [0.5, 0.6) is 0 Å². The molecule has 0 unspecified atom stereocenters. The van der Waals surface area contributed by atoms with Gasteiger partial charge in [0.15, 0.2) is 0 Å². The Hall–Kier alpha value is -3.17. The molecule has 1 aliphatic rings. The molecule has 146 valence electrons. The smallest absolute Gasteiger partial charge is 0.254 e. The molecule has 9 heteroatoms. The average Bonchev–Trinajstić information content (AvgIpc) is 3.43. The lowest BCUT2D eigenvalue weighted by Crippen LogP contribution is -2.48. The van der Waals surface area contributed by atoms with Crippen molar-refractivity contribution in [3.63, 3.8) is 0 Å². The number of carbonyl (C=O) groups excluding carboxylic acids is 1. The number of nitrogens with zero attached hydrogens (tertiary/aromatic N) is 7. The lowest BCUT2D eigenvalue weighted by molar-refractivity contribution is 0.0628. The van der Waals surface area contributed by atoms with Crippen molar-refractivity contribution in [2.75, 3.05) is 26.2 Å². The first-order valence-corrected chi connectivity index (χ1v) is 10.3. The zero-order valence-electron chi connectivity index (χ0n) is 15.7. The van der Waals surface area contributed by atoms with E-state index < -0.39 is 0 Å². The van der Waals surface area contributed by atoms with Gasteiger partial charge in [-0.1, -0.05) is 18.2 Å². The van der Waals surface area contributed by atoms with E-state index >= 15 is 0 Å². The molecule has 3 heterocycles. The Balaban J connectivity index is 1.22. The summed E-state index contributed by atoms with van der Waals surface area (Å²) >= 11 is 1.74. The van der Waals surface area contributed by atoms with Crippen LogP contribution < -0.4 is 0 Å². The molecule has 5 rings (SSSR count). The van der Waals surface area contributed by atoms with Crippen molar-refractivity contribution >= 4 is 27.5 Å². The van der Waals surface area contributed by atoms with Gasteiger partial charge in [-0.2, -0.15) is 0 Å². The second kappa shape index (κ2) is 7.69. The number of thiazole rings is 1. The van der Waals surface area contributed by atoms with Crippen LogP contribution in [-0.2, 0) is 6.54 Å². The molecule has 0 radical (unpaired) electrons. The number of hydrogen-bond acceptors (Lipinski definition) is 7. The topological polar surface area (TPSA) is 80.0 Å². The van der Waals surface area contributed by atoms with Gasteiger partial charge in [-0.05, 0) is 40.8 Å². The molecule has 0 N–H and O–H groups in total. The Bertz CT molecular complexity index is 1100. The summed E-state index contributed by atoms with van der Waals surface area (Å²) in [5, 5.41) is 12.3. The molecule has 0 atom stereocenters. The molecule has 4 aromatic rings. The highest BCUT2D eigenvalue weighted by atomic mass is 32.1.